The number of hydrogen-bond donors (Lipinski definition) is 2. The molecule has 2 aromatic rings. The highest BCUT2D eigenvalue weighted by Crippen LogP contribution is 2.16. The summed E-state index contributed by atoms with van der Waals surface area (Å²) >= 11 is 0. The number of hydrogen-bond acceptors (Lipinski definition) is 3. The van der Waals surface area contributed by atoms with Gasteiger partial charge in [-0.3, -0.25) is 4.79 Å². The van der Waals surface area contributed by atoms with Crippen molar-refractivity contribution < 1.29 is 19.4 Å². The average Bonchev–Trinajstić information content (AvgIpc) is 2.59. The average molecular weight is 327 g/mol. The van der Waals surface area contributed by atoms with Gasteiger partial charge in [-0.05, 0) is 30.2 Å². The third-order valence-corrected chi connectivity index (χ3v) is 3.56. The van der Waals surface area contributed by atoms with Gasteiger partial charge >= 0.3 is 5.97 Å². The van der Waals surface area contributed by atoms with Crippen LogP contribution in [0.3, 0.4) is 0 Å². The van der Waals surface area contributed by atoms with Gasteiger partial charge in [-0.2, -0.15) is 0 Å². The molecule has 0 aliphatic carbocycles. The van der Waals surface area contributed by atoms with E-state index < -0.39 is 5.97 Å². The number of carbonyl (C=O) groups is 2. The predicted molar refractivity (Wildman–Crippen MR) is 90.9 cm³/mol. The van der Waals surface area contributed by atoms with Crippen LogP contribution in [0.15, 0.2) is 54.6 Å². The van der Waals surface area contributed by atoms with E-state index in [2.05, 4.69) is 5.32 Å². The van der Waals surface area contributed by atoms with E-state index in [-0.39, 0.29) is 24.0 Å². The first kappa shape index (κ1) is 17.7. The minimum Gasteiger partial charge on any atom is -0.478 e. The van der Waals surface area contributed by atoms with E-state index in [1.165, 1.54) is 12.1 Å². The van der Waals surface area contributed by atoms with E-state index in [1.807, 2.05) is 37.3 Å². The molecule has 2 aromatic carbocycles. The zero-order chi connectivity index (χ0) is 17.4. The topological polar surface area (TPSA) is 75.6 Å². The standard InChI is InChI=1S/C19H21NO4/c1-2-24-17(15-8-4-3-5-9-15)13-20-18(21)12-14-7-6-10-16(11-14)19(22)23/h3-11,17H,2,12-13H2,1H3,(H,20,21)(H,22,23). The number of carbonyl (C=O) groups excluding carboxylic acids is 1. The Morgan fingerprint density at radius 1 is 1.12 bits per heavy atom. The van der Waals surface area contributed by atoms with Gasteiger partial charge in [-0.25, -0.2) is 4.79 Å². The number of aromatic carboxylic acids is 1. The molecular weight excluding hydrogens is 306 g/mol. The van der Waals surface area contributed by atoms with Crippen LogP contribution < -0.4 is 5.32 Å². The number of benzene rings is 2. The number of carboxylic acid groups (broad SMARTS) is 1. The maximum Gasteiger partial charge on any atom is 0.335 e. The Bertz CT molecular complexity index is 685. The molecule has 0 saturated carbocycles. The lowest BCUT2D eigenvalue weighted by atomic mass is 10.1. The molecule has 5 nitrogen and oxygen atoms in total. The van der Waals surface area contributed by atoms with Crippen LogP contribution in [0.2, 0.25) is 0 Å². The molecule has 1 amide bonds. The summed E-state index contributed by atoms with van der Waals surface area (Å²) in [5, 5.41) is 11.8. The molecular formula is C19H21NO4. The highest BCUT2D eigenvalue weighted by molar-refractivity contribution is 5.88. The summed E-state index contributed by atoms with van der Waals surface area (Å²) in [5.74, 6) is -1.17. The molecule has 2 rings (SSSR count). The fraction of sp³-hybridized carbons (Fsp3) is 0.263. The van der Waals surface area contributed by atoms with E-state index in [1.54, 1.807) is 12.1 Å². The van der Waals surface area contributed by atoms with E-state index in [0.717, 1.165) is 5.56 Å². The first-order valence-corrected chi connectivity index (χ1v) is 7.85. The van der Waals surface area contributed by atoms with E-state index in [0.29, 0.717) is 18.7 Å². The van der Waals surface area contributed by atoms with Crippen molar-refractivity contribution in [2.75, 3.05) is 13.2 Å². The molecule has 0 aromatic heterocycles. The first-order valence-electron chi connectivity index (χ1n) is 7.85. The van der Waals surface area contributed by atoms with Crippen molar-refractivity contribution in [1.29, 1.82) is 0 Å². The van der Waals surface area contributed by atoms with Crippen molar-refractivity contribution in [2.45, 2.75) is 19.4 Å². The third-order valence-electron chi connectivity index (χ3n) is 3.56. The number of nitrogens with one attached hydrogen (secondary N) is 1. The first-order chi connectivity index (χ1) is 11.6. The predicted octanol–water partition coefficient (Wildman–Crippen LogP) is 2.82. The lowest BCUT2D eigenvalue weighted by molar-refractivity contribution is -0.121. The Morgan fingerprint density at radius 2 is 1.88 bits per heavy atom. The number of amides is 1. The molecule has 0 bridgehead atoms. The fourth-order valence-corrected chi connectivity index (χ4v) is 2.41. The number of rotatable bonds is 8. The summed E-state index contributed by atoms with van der Waals surface area (Å²) in [6.45, 7) is 2.83. The smallest absolute Gasteiger partial charge is 0.335 e. The second-order valence-corrected chi connectivity index (χ2v) is 5.34. The summed E-state index contributed by atoms with van der Waals surface area (Å²) < 4.78 is 5.69. The van der Waals surface area contributed by atoms with Crippen molar-refractivity contribution in [1.82, 2.24) is 5.32 Å². The van der Waals surface area contributed by atoms with Gasteiger partial charge in [0.05, 0.1) is 18.1 Å². The van der Waals surface area contributed by atoms with Crippen LogP contribution in [0.5, 0.6) is 0 Å². The Labute approximate surface area is 141 Å². The Balaban J connectivity index is 1.94. The van der Waals surface area contributed by atoms with Gasteiger partial charge in [-0.15, -0.1) is 0 Å². The van der Waals surface area contributed by atoms with Gasteiger partial charge in [-0.1, -0.05) is 42.5 Å². The normalized spacial score (nSPS) is 11.7. The highest BCUT2D eigenvalue weighted by Gasteiger charge is 2.13. The Hall–Kier alpha value is -2.66. The lowest BCUT2D eigenvalue weighted by Gasteiger charge is -2.18. The number of ether oxygens (including phenoxy) is 1. The highest BCUT2D eigenvalue weighted by atomic mass is 16.5. The van der Waals surface area contributed by atoms with Crippen LogP contribution in [0.4, 0.5) is 0 Å². The van der Waals surface area contributed by atoms with Gasteiger partial charge < -0.3 is 15.2 Å². The summed E-state index contributed by atoms with van der Waals surface area (Å²) in [7, 11) is 0. The third kappa shape index (κ3) is 5.21. The van der Waals surface area contributed by atoms with Crippen molar-refractivity contribution in [3.05, 3.63) is 71.3 Å². The van der Waals surface area contributed by atoms with Crippen LogP contribution in [0, 0.1) is 0 Å². The maximum absolute atomic E-state index is 12.1. The quantitative estimate of drug-likeness (QED) is 0.782. The van der Waals surface area contributed by atoms with Gasteiger partial charge in [0.2, 0.25) is 5.91 Å². The molecule has 1 unspecified atom stereocenters. The van der Waals surface area contributed by atoms with Crippen LogP contribution >= 0.6 is 0 Å². The zero-order valence-electron chi connectivity index (χ0n) is 13.6. The largest absolute Gasteiger partial charge is 0.478 e. The molecule has 0 saturated heterocycles. The summed E-state index contributed by atoms with van der Waals surface area (Å²) in [6.07, 6.45) is -0.0696. The molecule has 0 aliphatic heterocycles. The van der Waals surface area contributed by atoms with Gasteiger partial charge in [0, 0.05) is 13.2 Å². The fourth-order valence-electron chi connectivity index (χ4n) is 2.41. The zero-order valence-corrected chi connectivity index (χ0v) is 13.6. The van der Waals surface area contributed by atoms with E-state index in [9.17, 15) is 9.59 Å². The van der Waals surface area contributed by atoms with Crippen LogP contribution in [0.25, 0.3) is 0 Å². The van der Waals surface area contributed by atoms with Crippen LogP contribution in [-0.2, 0) is 16.0 Å². The van der Waals surface area contributed by atoms with Crippen molar-refractivity contribution in [3.63, 3.8) is 0 Å². The summed E-state index contributed by atoms with van der Waals surface area (Å²) in [4.78, 5) is 23.1. The second kappa shape index (κ2) is 8.84. The van der Waals surface area contributed by atoms with E-state index in [4.69, 9.17) is 9.84 Å². The molecule has 2 N–H and O–H groups in total. The minimum absolute atomic E-state index is 0.134. The Kier molecular flexibility index (Phi) is 6.51. The molecule has 0 spiro atoms. The van der Waals surface area contributed by atoms with Gasteiger partial charge in [0.15, 0.2) is 0 Å². The second-order valence-electron chi connectivity index (χ2n) is 5.34. The van der Waals surface area contributed by atoms with Gasteiger partial charge in [0.1, 0.15) is 0 Å². The van der Waals surface area contributed by atoms with Crippen molar-refractivity contribution >= 4 is 11.9 Å². The molecule has 0 radical (unpaired) electrons. The maximum atomic E-state index is 12.1. The Morgan fingerprint density at radius 3 is 2.54 bits per heavy atom. The molecule has 5 heteroatoms. The minimum atomic E-state index is -1.00. The van der Waals surface area contributed by atoms with E-state index >= 15 is 0 Å². The monoisotopic (exact) mass is 327 g/mol. The van der Waals surface area contributed by atoms with Crippen LogP contribution in [0.1, 0.15) is 34.5 Å². The molecule has 24 heavy (non-hydrogen) atoms. The van der Waals surface area contributed by atoms with Crippen LogP contribution in [-0.4, -0.2) is 30.1 Å². The summed E-state index contributed by atoms with van der Waals surface area (Å²) in [5.41, 5.74) is 1.85. The molecule has 0 aliphatic rings. The molecule has 126 valence electrons. The number of carboxylic acids is 1. The van der Waals surface area contributed by atoms with Crippen molar-refractivity contribution in [2.24, 2.45) is 0 Å². The molecule has 1 atom stereocenters. The SMILES string of the molecule is CCOC(CNC(=O)Cc1cccc(C(=O)O)c1)c1ccccc1. The van der Waals surface area contributed by atoms with Crippen molar-refractivity contribution in [3.8, 4) is 0 Å². The molecule has 0 fully saturated rings. The summed E-state index contributed by atoms with van der Waals surface area (Å²) in [6, 6.07) is 16.1. The van der Waals surface area contributed by atoms with Gasteiger partial charge in [0.25, 0.3) is 0 Å². The lowest BCUT2D eigenvalue weighted by Crippen LogP contribution is -2.30. The molecule has 0 heterocycles.